The molecule has 0 unspecified atom stereocenters. The molecule has 6 rings (SSSR count). The molecule has 2 aromatic heterocycles. The van der Waals surface area contributed by atoms with Gasteiger partial charge in [-0.3, -0.25) is 19.3 Å². The lowest BCUT2D eigenvalue weighted by atomic mass is 10.0. The van der Waals surface area contributed by atoms with Gasteiger partial charge in [0, 0.05) is 74.2 Å². The second-order valence-electron chi connectivity index (χ2n) is 9.60. The molecule has 2 aliphatic rings. The number of amides is 2. The predicted molar refractivity (Wildman–Crippen MR) is 143 cm³/mol. The van der Waals surface area contributed by atoms with Crippen molar-refractivity contribution in [3.63, 3.8) is 0 Å². The first-order chi connectivity index (χ1) is 18.1. The molecule has 2 aliphatic heterocycles. The molecule has 0 saturated carbocycles. The van der Waals surface area contributed by atoms with Crippen molar-refractivity contribution in [3.8, 4) is 0 Å². The highest BCUT2D eigenvalue weighted by atomic mass is 16.2. The number of benzene rings is 2. The summed E-state index contributed by atoms with van der Waals surface area (Å²) in [4.78, 5) is 37.5. The van der Waals surface area contributed by atoms with E-state index in [1.54, 1.807) is 11.1 Å². The van der Waals surface area contributed by atoms with Gasteiger partial charge >= 0.3 is 0 Å². The van der Waals surface area contributed by atoms with Gasteiger partial charge in [-0.15, -0.1) is 0 Å². The minimum absolute atomic E-state index is 0.0470. The van der Waals surface area contributed by atoms with Crippen molar-refractivity contribution in [2.24, 2.45) is 0 Å². The molecule has 4 heterocycles. The topological polar surface area (TPSA) is 74.6 Å². The van der Waals surface area contributed by atoms with Crippen LogP contribution in [0, 0.1) is 0 Å². The zero-order valence-electron chi connectivity index (χ0n) is 21.0. The summed E-state index contributed by atoms with van der Waals surface area (Å²) in [5.41, 5.74) is 4.02. The minimum atomic E-state index is -0.115. The van der Waals surface area contributed by atoms with E-state index in [2.05, 4.69) is 22.0 Å². The third-order valence-corrected chi connectivity index (χ3v) is 7.46. The highest BCUT2D eigenvalue weighted by Crippen LogP contribution is 2.26. The number of aryl methyl sites for hydroxylation is 1. The number of pyridine rings is 1. The summed E-state index contributed by atoms with van der Waals surface area (Å²) < 4.78 is 1.93. The number of carbonyl (C=O) groups is 2. The molecular formula is C29H30N6O2. The highest BCUT2D eigenvalue weighted by molar-refractivity contribution is 5.97. The maximum Gasteiger partial charge on any atom is 0.274 e. The van der Waals surface area contributed by atoms with E-state index in [9.17, 15) is 9.59 Å². The van der Waals surface area contributed by atoms with Crippen LogP contribution in [-0.2, 0) is 19.5 Å². The van der Waals surface area contributed by atoms with Gasteiger partial charge < -0.3 is 14.7 Å². The van der Waals surface area contributed by atoms with Crippen LogP contribution in [0.15, 0.2) is 66.9 Å². The Balaban J connectivity index is 1.21. The fourth-order valence-electron chi connectivity index (χ4n) is 5.42. The van der Waals surface area contributed by atoms with Crippen LogP contribution in [0.1, 0.15) is 39.2 Å². The molecule has 0 bridgehead atoms. The van der Waals surface area contributed by atoms with Crippen molar-refractivity contribution in [1.29, 1.82) is 0 Å². The Hall–Kier alpha value is -4.20. The van der Waals surface area contributed by atoms with Crippen molar-refractivity contribution in [2.45, 2.75) is 26.4 Å². The Morgan fingerprint density at radius 2 is 1.57 bits per heavy atom. The molecule has 0 radical (unpaired) electrons. The van der Waals surface area contributed by atoms with E-state index in [4.69, 9.17) is 5.10 Å². The van der Waals surface area contributed by atoms with Crippen LogP contribution in [0.2, 0.25) is 0 Å². The third-order valence-electron chi connectivity index (χ3n) is 7.46. The lowest BCUT2D eigenvalue weighted by Gasteiger charge is -2.36. The Kier molecular flexibility index (Phi) is 6.08. The van der Waals surface area contributed by atoms with Gasteiger partial charge in [-0.2, -0.15) is 5.10 Å². The number of fused-ring (bicyclic) bond motifs is 2. The molecule has 4 aromatic rings. The molecule has 2 amide bonds. The summed E-state index contributed by atoms with van der Waals surface area (Å²) in [6.45, 7) is 6.53. The number of anilines is 1. The Bertz CT molecular complexity index is 1460. The lowest BCUT2D eigenvalue weighted by Crippen LogP contribution is -2.49. The van der Waals surface area contributed by atoms with Crippen LogP contribution in [0.3, 0.4) is 0 Å². The Labute approximate surface area is 216 Å². The average Bonchev–Trinajstić information content (AvgIpc) is 3.34. The molecule has 1 fully saturated rings. The maximum atomic E-state index is 13.7. The lowest BCUT2D eigenvalue weighted by molar-refractivity contribution is 0.0706. The van der Waals surface area contributed by atoms with Crippen LogP contribution in [0.4, 0.5) is 5.69 Å². The number of hydrogen-bond acceptors (Lipinski definition) is 5. The van der Waals surface area contributed by atoms with Crippen molar-refractivity contribution in [2.75, 3.05) is 37.6 Å². The number of piperazine rings is 1. The zero-order chi connectivity index (χ0) is 25.4. The number of para-hydroxylation sites is 1. The van der Waals surface area contributed by atoms with Gasteiger partial charge in [0.15, 0.2) is 5.69 Å². The number of nitrogens with zero attached hydrogens (tertiary/aromatic N) is 6. The van der Waals surface area contributed by atoms with Gasteiger partial charge in [0.1, 0.15) is 5.69 Å². The van der Waals surface area contributed by atoms with Crippen molar-refractivity contribution >= 4 is 28.3 Å². The molecule has 188 valence electrons. The molecule has 0 spiro atoms. The molecule has 0 atom stereocenters. The standard InChI is InChI=1S/C29H30N6O2/c1-2-35-26-12-13-34(28(36)25-18-21-8-6-7-9-22(21)19-30-25)20-24(26)27(31-35)29(37)33-16-14-32(15-17-33)23-10-4-3-5-11-23/h3-11,18-19H,2,12-17,20H2,1H3. The summed E-state index contributed by atoms with van der Waals surface area (Å²) in [6.07, 6.45) is 2.42. The Morgan fingerprint density at radius 3 is 2.32 bits per heavy atom. The van der Waals surface area contributed by atoms with Gasteiger partial charge in [-0.05, 0) is 30.5 Å². The van der Waals surface area contributed by atoms with Crippen molar-refractivity contribution in [1.82, 2.24) is 24.6 Å². The summed E-state index contributed by atoms with van der Waals surface area (Å²) in [5, 5.41) is 6.72. The predicted octanol–water partition coefficient (Wildman–Crippen LogP) is 3.61. The largest absolute Gasteiger partial charge is 0.368 e. The average molecular weight is 495 g/mol. The number of aromatic nitrogens is 3. The van der Waals surface area contributed by atoms with E-state index >= 15 is 0 Å². The SMILES string of the molecule is CCn1nc(C(=O)N2CCN(c3ccccc3)CC2)c2c1CCN(C(=O)c1cc3ccccc3cn1)C2. The normalized spacial score (nSPS) is 15.6. The highest BCUT2D eigenvalue weighted by Gasteiger charge is 2.33. The van der Waals surface area contributed by atoms with Crippen LogP contribution in [0.5, 0.6) is 0 Å². The van der Waals surface area contributed by atoms with E-state index in [1.807, 2.05) is 65.0 Å². The first-order valence-electron chi connectivity index (χ1n) is 12.9. The minimum Gasteiger partial charge on any atom is -0.368 e. The molecule has 0 N–H and O–H groups in total. The van der Waals surface area contributed by atoms with Gasteiger partial charge in [0.05, 0.1) is 6.54 Å². The van der Waals surface area contributed by atoms with Gasteiger partial charge in [0.2, 0.25) is 0 Å². The first kappa shape index (κ1) is 23.2. The fourth-order valence-corrected chi connectivity index (χ4v) is 5.42. The smallest absolute Gasteiger partial charge is 0.274 e. The van der Waals surface area contributed by atoms with Gasteiger partial charge in [-0.1, -0.05) is 42.5 Å². The number of hydrogen-bond donors (Lipinski definition) is 0. The maximum absolute atomic E-state index is 13.7. The molecule has 8 heteroatoms. The second kappa shape index (κ2) is 9.69. The summed E-state index contributed by atoms with van der Waals surface area (Å²) in [5.74, 6) is -0.162. The van der Waals surface area contributed by atoms with Crippen molar-refractivity contribution in [3.05, 3.63) is 89.5 Å². The molecule has 2 aromatic carbocycles. The van der Waals surface area contributed by atoms with Crippen LogP contribution in [0.25, 0.3) is 10.8 Å². The third kappa shape index (κ3) is 4.33. The number of carbonyl (C=O) groups excluding carboxylic acids is 2. The first-order valence-corrected chi connectivity index (χ1v) is 12.9. The van der Waals surface area contributed by atoms with Crippen LogP contribution < -0.4 is 4.90 Å². The molecule has 8 nitrogen and oxygen atoms in total. The van der Waals surface area contributed by atoms with Crippen molar-refractivity contribution < 1.29 is 9.59 Å². The van der Waals surface area contributed by atoms with E-state index in [0.29, 0.717) is 50.5 Å². The quantitative estimate of drug-likeness (QED) is 0.433. The zero-order valence-corrected chi connectivity index (χ0v) is 21.0. The van der Waals surface area contributed by atoms with E-state index in [1.165, 1.54) is 5.69 Å². The van der Waals surface area contributed by atoms with Crippen LogP contribution in [-0.4, -0.2) is 69.1 Å². The molecule has 37 heavy (non-hydrogen) atoms. The summed E-state index contributed by atoms with van der Waals surface area (Å²) in [6, 6.07) is 20.0. The Morgan fingerprint density at radius 1 is 0.838 bits per heavy atom. The van der Waals surface area contributed by atoms with E-state index in [-0.39, 0.29) is 11.8 Å². The second-order valence-corrected chi connectivity index (χ2v) is 9.60. The summed E-state index contributed by atoms with van der Waals surface area (Å²) >= 11 is 0. The molecular weight excluding hydrogens is 464 g/mol. The fraction of sp³-hybridized carbons (Fsp3) is 0.310. The van der Waals surface area contributed by atoms with E-state index < -0.39 is 0 Å². The van der Waals surface area contributed by atoms with Gasteiger partial charge in [0.25, 0.3) is 11.8 Å². The monoisotopic (exact) mass is 494 g/mol. The van der Waals surface area contributed by atoms with Crippen LogP contribution >= 0.6 is 0 Å². The molecule has 0 aliphatic carbocycles. The van der Waals surface area contributed by atoms with E-state index in [0.717, 1.165) is 35.1 Å². The summed E-state index contributed by atoms with van der Waals surface area (Å²) in [7, 11) is 0. The molecule has 1 saturated heterocycles. The number of rotatable bonds is 4. The van der Waals surface area contributed by atoms with Gasteiger partial charge in [-0.25, -0.2) is 0 Å².